The van der Waals surface area contributed by atoms with Gasteiger partial charge in [0.2, 0.25) is 0 Å². The van der Waals surface area contributed by atoms with Crippen LogP contribution in [-0.2, 0) is 0 Å². The summed E-state index contributed by atoms with van der Waals surface area (Å²) in [4.78, 5) is 4.40. The molecular formula is C18H11Cl2N3O. The normalized spacial score (nSPS) is 13.7. The summed E-state index contributed by atoms with van der Waals surface area (Å²) < 4.78 is 5.62. The van der Waals surface area contributed by atoms with Gasteiger partial charge in [-0.2, -0.15) is 5.26 Å². The third kappa shape index (κ3) is 2.47. The van der Waals surface area contributed by atoms with E-state index in [2.05, 4.69) is 16.2 Å². The summed E-state index contributed by atoms with van der Waals surface area (Å²) in [5.41, 5.74) is 2.86. The maximum atomic E-state index is 9.44. The molecule has 1 aliphatic rings. The molecule has 0 N–H and O–H groups in total. The zero-order valence-corrected chi connectivity index (χ0v) is 14.0. The molecule has 6 heteroatoms. The summed E-state index contributed by atoms with van der Waals surface area (Å²) in [6.07, 6.45) is 3.72. The second-order valence-corrected chi connectivity index (χ2v) is 6.47. The lowest BCUT2D eigenvalue weighted by Crippen LogP contribution is -1.93. The summed E-state index contributed by atoms with van der Waals surface area (Å²) in [6, 6.07) is 10.9. The first-order valence-corrected chi connectivity index (χ1v) is 8.25. The van der Waals surface area contributed by atoms with Gasteiger partial charge in [-0.15, -0.1) is 0 Å². The van der Waals surface area contributed by atoms with E-state index in [-0.39, 0.29) is 0 Å². The Morgan fingerprint density at radius 2 is 1.79 bits per heavy atom. The van der Waals surface area contributed by atoms with Crippen molar-refractivity contribution in [2.75, 3.05) is 0 Å². The topological polar surface area (TPSA) is 62.7 Å². The molecule has 0 unspecified atom stereocenters. The molecule has 1 saturated carbocycles. The van der Waals surface area contributed by atoms with Gasteiger partial charge in [0.15, 0.2) is 0 Å². The summed E-state index contributed by atoms with van der Waals surface area (Å²) in [6.45, 7) is 0. The Bertz CT molecular complexity index is 950. The van der Waals surface area contributed by atoms with Gasteiger partial charge in [0, 0.05) is 17.7 Å². The van der Waals surface area contributed by atoms with E-state index in [1.54, 1.807) is 36.5 Å². The predicted molar refractivity (Wildman–Crippen MR) is 91.9 cm³/mol. The van der Waals surface area contributed by atoms with Gasteiger partial charge in [0.25, 0.3) is 0 Å². The van der Waals surface area contributed by atoms with E-state index in [4.69, 9.17) is 27.7 Å². The van der Waals surface area contributed by atoms with Gasteiger partial charge in [0.1, 0.15) is 17.5 Å². The Hall–Kier alpha value is -2.35. The number of halogens is 2. The first-order chi connectivity index (χ1) is 11.7. The number of nitrogens with zero attached hydrogens (tertiary/aromatic N) is 3. The Balaban J connectivity index is 2.02. The average Bonchev–Trinajstić information content (AvgIpc) is 3.35. The molecule has 3 aromatic rings. The molecule has 2 aromatic heterocycles. The zero-order valence-electron chi connectivity index (χ0n) is 12.5. The number of nitriles is 1. The minimum atomic E-state index is 0.302. The number of hydrogen-bond acceptors (Lipinski definition) is 4. The molecule has 0 bridgehead atoms. The van der Waals surface area contributed by atoms with Gasteiger partial charge in [-0.3, -0.25) is 4.98 Å². The number of pyridine rings is 1. The number of aromatic nitrogens is 2. The maximum Gasteiger partial charge on any atom is 0.149 e. The lowest BCUT2D eigenvalue weighted by molar-refractivity contribution is 0.387. The highest BCUT2D eigenvalue weighted by atomic mass is 35.5. The quantitative estimate of drug-likeness (QED) is 0.625. The SMILES string of the molecule is N#Cc1cccnc1-c1c(-c2c(Cl)cccc2Cl)noc1C1CC1. The van der Waals surface area contributed by atoms with E-state index < -0.39 is 0 Å². The van der Waals surface area contributed by atoms with Crippen LogP contribution in [0.5, 0.6) is 0 Å². The molecule has 0 saturated heterocycles. The highest BCUT2D eigenvalue weighted by Crippen LogP contribution is 2.49. The van der Waals surface area contributed by atoms with Crippen molar-refractivity contribution < 1.29 is 4.52 Å². The largest absolute Gasteiger partial charge is 0.360 e. The molecule has 2 heterocycles. The molecular weight excluding hydrogens is 345 g/mol. The molecule has 0 aliphatic heterocycles. The molecule has 1 aromatic carbocycles. The molecule has 0 radical (unpaired) electrons. The zero-order chi connectivity index (χ0) is 16.7. The number of benzene rings is 1. The summed E-state index contributed by atoms with van der Waals surface area (Å²) in [7, 11) is 0. The van der Waals surface area contributed by atoms with E-state index in [9.17, 15) is 5.26 Å². The highest BCUT2D eigenvalue weighted by molar-refractivity contribution is 6.39. The van der Waals surface area contributed by atoms with Crippen LogP contribution in [0.4, 0.5) is 0 Å². The standard InChI is InChI=1S/C18H11Cl2N3O/c19-12-4-1-5-13(20)14(12)17-15(18(24-23-17)10-6-7-10)16-11(9-21)3-2-8-22-16/h1-5,8,10H,6-7H2. The fourth-order valence-corrected chi connectivity index (χ4v) is 3.32. The van der Waals surface area contributed by atoms with Crippen LogP contribution in [0.3, 0.4) is 0 Å². The van der Waals surface area contributed by atoms with Crippen molar-refractivity contribution in [1.82, 2.24) is 10.1 Å². The van der Waals surface area contributed by atoms with Gasteiger partial charge in [0.05, 0.1) is 26.9 Å². The van der Waals surface area contributed by atoms with Crippen LogP contribution in [0.25, 0.3) is 22.5 Å². The monoisotopic (exact) mass is 355 g/mol. The third-order valence-electron chi connectivity index (χ3n) is 4.03. The van der Waals surface area contributed by atoms with E-state index >= 15 is 0 Å². The van der Waals surface area contributed by atoms with Crippen LogP contribution >= 0.6 is 23.2 Å². The maximum absolute atomic E-state index is 9.44. The van der Waals surface area contributed by atoms with Gasteiger partial charge >= 0.3 is 0 Å². The van der Waals surface area contributed by atoms with E-state index in [0.29, 0.717) is 44.0 Å². The van der Waals surface area contributed by atoms with Gasteiger partial charge in [-0.1, -0.05) is 34.4 Å². The van der Waals surface area contributed by atoms with Crippen LogP contribution in [0, 0.1) is 11.3 Å². The van der Waals surface area contributed by atoms with Crippen molar-refractivity contribution >= 4 is 23.2 Å². The van der Waals surface area contributed by atoms with Crippen molar-refractivity contribution in [3.8, 4) is 28.6 Å². The van der Waals surface area contributed by atoms with E-state index in [1.165, 1.54) is 0 Å². The van der Waals surface area contributed by atoms with Gasteiger partial charge in [-0.25, -0.2) is 0 Å². The molecule has 1 fully saturated rings. The van der Waals surface area contributed by atoms with Crippen LogP contribution in [0.2, 0.25) is 10.0 Å². The molecule has 24 heavy (non-hydrogen) atoms. The molecule has 4 rings (SSSR count). The summed E-state index contributed by atoms with van der Waals surface area (Å²) in [5.74, 6) is 1.05. The van der Waals surface area contributed by atoms with Crippen LogP contribution < -0.4 is 0 Å². The Morgan fingerprint density at radius 3 is 2.46 bits per heavy atom. The molecule has 1 aliphatic carbocycles. The Labute approximate surface area is 148 Å². The minimum absolute atomic E-state index is 0.302. The smallest absolute Gasteiger partial charge is 0.149 e. The first-order valence-electron chi connectivity index (χ1n) is 7.50. The number of rotatable bonds is 3. The van der Waals surface area contributed by atoms with Crippen molar-refractivity contribution in [3.63, 3.8) is 0 Å². The van der Waals surface area contributed by atoms with E-state index in [1.807, 2.05) is 0 Å². The Kier molecular flexibility index (Phi) is 3.76. The molecule has 118 valence electrons. The lowest BCUT2D eigenvalue weighted by atomic mass is 9.98. The number of hydrogen-bond donors (Lipinski definition) is 0. The van der Waals surface area contributed by atoms with Crippen LogP contribution in [-0.4, -0.2) is 10.1 Å². The van der Waals surface area contributed by atoms with Gasteiger partial charge in [-0.05, 0) is 37.1 Å². The van der Waals surface area contributed by atoms with Gasteiger partial charge < -0.3 is 4.52 Å². The van der Waals surface area contributed by atoms with Crippen molar-refractivity contribution in [2.24, 2.45) is 0 Å². The minimum Gasteiger partial charge on any atom is -0.360 e. The fraction of sp³-hybridized carbons (Fsp3) is 0.167. The van der Waals surface area contributed by atoms with Crippen molar-refractivity contribution in [3.05, 3.63) is 57.9 Å². The van der Waals surface area contributed by atoms with Crippen LogP contribution in [0.15, 0.2) is 41.1 Å². The van der Waals surface area contributed by atoms with E-state index in [0.717, 1.165) is 18.6 Å². The summed E-state index contributed by atoms with van der Waals surface area (Å²) in [5, 5.41) is 14.6. The summed E-state index contributed by atoms with van der Waals surface area (Å²) >= 11 is 12.7. The lowest BCUT2D eigenvalue weighted by Gasteiger charge is -2.08. The second-order valence-electron chi connectivity index (χ2n) is 5.65. The predicted octanol–water partition coefficient (Wildman–Crippen LogP) is 5.46. The Morgan fingerprint density at radius 1 is 1.04 bits per heavy atom. The highest BCUT2D eigenvalue weighted by Gasteiger charge is 2.35. The molecule has 0 amide bonds. The molecule has 0 atom stereocenters. The first kappa shape index (κ1) is 15.2. The average molecular weight is 356 g/mol. The van der Waals surface area contributed by atoms with Crippen molar-refractivity contribution in [2.45, 2.75) is 18.8 Å². The second kappa shape index (κ2) is 5.94. The molecule has 0 spiro atoms. The van der Waals surface area contributed by atoms with Crippen LogP contribution in [0.1, 0.15) is 30.1 Å². The molecule has 4 nitrogen and oxygen atoms in total. The fourth-order valence-electron chi connectivity index (χ4n) is 2.75. The third-order valence-corrected chi connectivity index (χ3v) is 4.66. The van der Waals surface area contributed by atoms with Crippen molar-refractivity contribution in [1.29, 1.82) is 5.26 Å².